The quantitative estimate of drug-likeness (QED) is 0.477. The van der Waals surface area contributed by atoms with Crippen LogP contribution >= 0.6 is 0 Å². The summed E-state index contributed by atoms with van der Waals surface area (Å²) in [6, 6.07) is 20.5. The maximum Gasteiger partial charge on any atom is 0.227 e. The first-order valence-electron chi connectivity index (χ1n) is 14.3. The number of amides is 2. The summed E-state index contributed by atoms with van der Waals surface area (Å²) in [5.74, 6) is 1.22. The van der Waals surface area contributed by atoms with Crippen LogP contribution in [0.15, 0.2) is 54.6 Å². The van der Waals surface area contributed by atoms with Crippen molar-refractivity contribution in [1.29, 1.82) is 0 Å². The number of piperidine rings is 1. The van der Waals surface area contributed by atoms with Gasteiger partial charge >= 0.3 is 0 Å². The summed E-state index contributed by atoms with van der Waals surface area (Å²) in [5.41, 5.74) is 3.50. The number of nitrogens with zero attached hydrogens (tertiary/aromatic N) is 4. The van der Waals surface area contributed by atoms with Crippen molar-refractivity contribution in [2.75, 3.05) is 19.6 Å². The van der Waals surface area contributed by atoms with Crippen LogP contribution < -0.4 is 5.32 Å². The third kappa shape index (κ3) is 4.73. The molecule has 0 spiro atoms. The van der Waals surface area contributed by atoms with Gasteiger partial charge in [0.2, 0.25) is 11.8 Å². The van der Waals surface area contributed by atoms with Crippen LogP contribution in [0.3, 0.4) is 0 Å². The summed E-state index contributed by atoms with van der Waals surface area (Å²) in [6.07, 6.45) is 6.20. The summed E-state index contributed by atoms with van der Waals surface area (Å²) in [7, 11) is 0. The first kappa shape index (κ1) is 25.1. The molecule has 0 aliphatic carbocycles. The number of para-hydroxylation sites is 2. The molecule has 4 atom stereocenters. The van der Waals surface area contributed by atoms with Crippen LogP contribution in [0, 0.1) is 12.8 Å². The molecule has 0 saturated carbocycles. The van der Waals surface area contributed by atoms with Gasteiger partial charge < -0.3 is 14.8 Å². The van der Waals surface area contributed by atoms with Gasteiger partial charge in [0.15, 0.2) is 0 Å². The highest BCUT2D eigenvalue weighted by Crippen LogP contribution is 2.42. The Hall–Kier alpha value is -3.19. The van der Waals surface area contributed by atoms with Crippen molar-refractivity contribution in [3.8, 4) is 0 Å². The molecule has 4 heterocycles. The second-order valence-electron chi connectivity index (χ2n) is 11.4. The molecular weight excluding hydrogens is 474 g/mol. The molecule has 1 aromatic heterocycles. The Morgan fingerprint density at radius 2 is 1.66 bits per heavy atom. The fourth-order valence-electron chi connectivity index (χ4n) is 7.09. The smallest absolute Gasteiger partial charge is 0.227 e. The molecule has 0 radical (unpaired) electrons. The zero-order chi connectivity index (χ0) is 26.2. The SMILES string of the molecule is CCC(=O)N1CC(C(=O)N[C@@H](CCN2[C@@H]3CC[C@H]2C[C@H](n2c(C)nc4ccccc42)C3)c2ccccc2)C1. The van der Waals surface area contributed by atoms with Crippen molar-refractivity contribution in [3.63, 3.8) is 0 Å². The van der Waals surface area contributed by atoms with E-state index in [-0.39, 0.29) is 23.8 Å². The Morgan fingerprint density at radius 1 is 0.974 bits per heavy atom. The van der Waals surface area contributed by atoms with Gasteiger partial charge in [0.1, 0.15) is 5.82 Å². The molecule has 2 aromatic carbocycles. The average molecular weight is 514 g/mol. The first-order chi connectivity index (χ1) is 18.5. The molecule has 2 bridgehead atoms. The van der Waals surface area contributed by atoms with Gasteiger partial charge in [-0.25, -0.2) is 4.98 Å². The van der Waals surface area contributed by atoms with E-state index in [0.29, 0.717) is 37.6 Å². The third-order valence-corrected chi connectivity index (χ3v) is 9.10. The van der Waals surface area contributed by atoms with Gasteiger partial charge in [0.05, 0.1) is 23.0 Å². The summed E-state index contributed by atoms with van der Waals surface area (Å²) in [6.45, 7) is 6.08. The lowest BCUT2D eigenvalue weighted by Crippen LogP contribution is -2.56. The van der Waals surface area contributed by atoms with E-state index in [4.69, 9.17) is 4.98 Å². The Bertz CT molecular complexity index is 1280. The largest absolute Gasteiger partial charge is 0.349 e. The van der Waals surface area contributed by atoms with Crippen molar-refractivity contribution in [3.05, 3.63) is 66.0 Å². The molecule has 0 unspecified atom stereocenters. The second-order valence-corrected chi connectivity index (χ2v) is 11.4. The highest BCUT2D eigenvalue weighted by atomic mass is 16.2. The van der Waals surface area contributed by atoms with Gasteiger partial charge in [-0.2, -0.15) is 0 Å². The number of fused-ring (bicyclic) bond motifs is 3. The number of nitrogens with one attached hydrogen (secondary N) is 1. The number of likely N-dealkylation sites (tertiary alicyclic amines) is 1. The number of benzene rings is 2. The molecule has 3 saturated heterocycles. The predicted molar refractivity (Wildman–Crippen MR) is 149 cm³/mol. The summed E-state index contributed by atoms with van der Waals surface area (Å²) >= 11 is 0. The van der Waals surface area contributed by atoms with E-state index in [2.05, 4.69) is 58.1 Å². The average Bonchev–Trinajstić information content (AvgIpc) is 3.36. The van der Waals surface area contributed by atoms with E-state index >= 15 is 0 Å². The number of imidazole rings is 1. The Balaban J connectivity index is 1.11. The number of hydrogen-bond acceptors (Lipinski definition) is 4. The van der Waals surface area contributed by atoms with Crippen molar-refractivity contribution < 1.29 is 9.59 Å². The van der Waals surface area contributed by atoms with Gasteiger partial charge in [-0.3, -0.25) is 14.5 Å². The fourth-order valence-corrected chi connectivity index (χ4v) is 7.09. The fraction of sp³-hybridized carbons (Fsp3) is 0.516. The van der Waals surface area contributed by atoms with E-state index in [9.17, 15) is 9.59 Å². The molecule has 6 rings (SSSR count). The topological polar surface area (TPSA) is 70.5 Å². The lowest BCUT2D eigenvalue weighted by Gasteiger charge is -2.41. The molecule has 2 amide bonds. The number of carbonyl (C=O) groups is 2. The van der Waals surface area contributed by atoms with Gasteiger partial charge in [-0.15, -0.1) is 0 Å². The zero-order valence-corrected chi connectivity index (χ0v) is 22.6. The van der Waals surface area contributed by atoms with Gasteiger partial charge in [0.25, 0.3) is 0 Å². The molecule has 3 aromatic rings. The monoisotopic (exact) mass is 513 g/mol. The van der Waals surface area contributed by atoms with Crippen molar-refractivity contribution in [2.24, 2.45) is 5.92 Å². The number of carbonyl (C=O) groups excluding carboxylic acids is 2. The molecule has 3 aliphatic rings. The molecule has 3 fully saturated rings. The van der Waals surface area contributed by atoms with Crippen LogP contribution in [0.2, 0.25) is 0 Å². The minimum atomic E-state index is -0.100. The van der Waals surface area contributed by atoms with Crippen molar-refractivity contribution >= 4 is 22.8 Å². The number of rotatable bonds is 8. The maximum absolute atomic E-state index is 13.1. The van der Waals surface area contributed by atoms with Crippen LogP contribution in [0.1, 0.15) is 68.9 Å². The molecule has 1 N–H and O–H groups in total. The van der Waals surface area contributed by atoms with E-state index in [1.807, 2.05) is 25.1 Å². The number of hydrogen-bond donors (Lipinski definition) is 1. The number of aryl methyl sites for hydroxylation is 1. The molecule has 7 nitrogen and oxygen atoms in total. The minimum Gasteiger partial charge on any atom is -0.349 e. The standard InChI is InChI=1S/C31H39N5O2/c1-3-30(37)34-19-23(20-34)31(38)33-27(22-9-5-4-6-10-22)15-16-35-24-13-14-25(35)18-26(17-24)36-21(2)32-28-11-7-8-12-29(28)36/h4-12,23-27H,3,13-20H2,1-2H3,(H,33,38)/t24-,25+,26-,27-/m0/s1. The van der Waals surface area contributed by atoms with Crippen LogP contribution in [-0.2, 0) is 9.59 Å². The zero-order valence-electron chi connectivity index (χ0n) is 22.6. The Kier molecular flexibility index (Phi) is 6.95. The molecule has 200 valence electrons. The normalized spacial score (nSPS) is 24.4. The number of aromatic nitrogens is 2. The predicted octanol–water partition coefficient (Wildman–Crippen LogP) is 4.63. The van der Waals surface area contributed by atoms with Crippen LogP contribution in [0.5, 0.6) is 0 Å². The van der Waals surface area contributed by atoms with Crippen LogP contribution in [0.25, 0.3) is 11.0 Å². The van der Waals surface area contributed by atoms with Gasteiger partial charge in [0, 0.05) is 44.2 Å². The maximum atomic E-state index is 13.1. The summed E-state index contributed by atoms with van der Waals surface area (Å²) < 4.78 is 2.48. The van der Waals surface area contributed by atoms with Crippen molar-refractivity contribution in [1.82, 2.24) is 24.7 Å². The van der Waals surface area contributed by atoms with Gasteiger partial charge in [-0.1, -0.05) is 49.4 Å². The molecule has 3 aliphatic heterocycles. The van der Waals surface area contributed by atoms with Gasteiger partial charge in [-0.05, 0) is 56.7 Å². The van der Waals surface area contributed by atoms with E-state index in [0.717, 1.165) is 42.7 Å². The third-order valence-electron chi connectivity index (χ3n) is 9.10. The highest BCUT2D eigenvalue weighted by molar-refractivity contribution is 5.84. The second kappa shape index (κ2) is 10.5. The van der Waals surface area contributed by atoms with E-state index in [1.54, 1.807) is 4.90 Å². The van der Waals surface area contributed by atoms with E-state index in [1.165, 1.54) is 18.4 Å². The summed E-state index contributed by atoms with van der Waals surface area (Å²) in [5, 5.41) is 3.35. The van der Waals surface area contributed by atoms with Crippen LogP contribution in [0.4, 0.5) is 0 Å². The highest BCUT2D eigenvalue weighted by Gasteiger charge is 2.42. The Labute approximate surface area is 225 Å². The summed E-state index contributed by atoms with van der Waals surface area (Å²) in [4.78, 5) is 34.4. The lowest BCUT2D eigenvalue weighted by atomic mass is 9.94. The van der Waals surface area contributed by atoms with Crippen molar-refractivity contribution in [2.45, 2.75) is 76.5 Å². The lowest BCUT2D eigenvalue weighted by molar-refractivity contribution is -0.143. The minimum absolute atomic E-state index is 0.0170. The molecule has 7 heteroatoms. The van der Waals surface area contributed by atoms with E-state index < -0.39 is 0 Å². The van der Waals surface area contributed by atoms with Crippen LogP contribution in [-0.4, -0.2) is 62.9 Å². The first-order valence-corrected chi connectivity index (χ1v) is 14.3. The molecule has 38 heavy (non-hydrogen) atoms. The molecular formula is C31H39N5O2. The Morgan fingerprint density at radius 3 is 2.37 bits per heavy atom.